The van der Waals surface area contributed by atoms with Gasteiger partial charge in [-0.05, 0) is 55.3 Å². The van der Waals surface area contributed by atoms with E-state index in [1.807, 2.05) is 24.4 Å². The van der Waals surface area contributed by atoms with Crippen LogP contribution in [-0.4, -0.2) is 31.7 Å². The van der Waals surface area contributed by atoms with Crippen molar-refractivity contribution < 1.29 is 13.2 Å². The lowest BCUT2D eigenvalue weighted by atomic mass is 10.2. The Labute approximate surface area is 159 Å². The lowest BCUT2D eigenvalue weighted by molar-refractivity contribution is -0.116. The van der Waals surface area contributed by atoms with Gasteiger partial charge in [0, 0.05) is 30.1 Å². The van der Waals surface area contributed by atoms with Gasteiger partial charge in [-0.2, -0.15) is 4.31 Å². The van der Waals surface area contributed by atoms with Crippen LogP contribution in [0.1, 0.15) is 36.1 Å². The van der Waals surface area contributed by atoms with E-state index in [0.29, 0.717) is 31.6 Å². The molecule has 0 unspecified atom stereocenters. The topological polar surface area (TPSA) is 66.5 Å². The molecule has 2 heterocycles. The summed E-state index contributed by atoms with van der Waals surface area (Å²) in [6.07, 6.45) is 3.94. The largest absolute Gasteiger partial charge is 0.326 e. The summed E-state index contributed by atoms with van der Waals surface area (Å²) in [7, 11) is -3.50. The summed E-state index contributed by atoms with van der Waals surface area (Å²) in [5.74, 6) is -0.103. The predicted octanol–water partition coefficient (Wildman–Crippen LogP) is 3.80. The van der Waals surface area contributed by atoms with Crippen molar-refractivity contribution in [3.05, 3.63) is 46.2 Å². The lowest BCUT2D eigenvalue weighted by Gasteiger charge is -2.26. The van der Waals surface area contributed by atoms with Crippen molar-refractivity contribution in [3.8, 4) is 0 Å². The van der Waals surface area contributed by atoms with Crippen LogP contribution in [0.4, 0.5) is 5.69 Å². The first-order valence-corrected chi connectivity index (χ1v) is 11.2. The van der Waals surface area contributed by atoms with Crippen molar-refractivity contribution in [1.29, 1.82) is 0 Å². The highest BCUT2D eigenvalue weighted by Crippen LogP contribution is 2.25. The highest BCUT2D eigenvalue weighted by molar-refractivity contribution is 7.89. The number of hydrogen-bond donors (Lipinski definition) is 1. The van der Waals surface area contributed by atoms with E-state index in [1.54, 1.807) is 33.8 Å². The van der Waals surface area contributed by atoms with Gasteiger partial charge in [0.25, 0.3) is 0 Å². The number of benzene rings is 1. The minimum atomic E-state index is -3.50. The van der Waals surface area contributed by atoms with Gasteiger partial charge in [-0.15, -0.1) is 11.3 Å². The van der Waals surface area contributed by atoms with Crippen LogP contribution in [0.15, 0.2) is 40.6 Å². The van der Waals surface area contributed by atoms with Crippen LogP contribution < -0.4 is 5.32 Å². The highest BCUT2D eigenvalue weighted by Gasteiger charge is 2.26. The first kappa shape index (κ1) is 19.1. The van der Waals surface area contributed by atoms with Gasteiger partial charge in [-0.3, -0.25) is 4.79 Å². The van der Waals surface area contributed by atoms with E-state index in [1.165, 1.54) is 4.88 Å². The zero-order valence-corrected chi connectivity index (χ0v) is 16.5. The van der Waals surface area contributed by atoms with Crippen molar-refractivity contribution in [1.82, 2.24) is 4.31 Å². The van der Waals surface area contributed by atoms with Crippen molar-refractivity contribution in [2.75, 3.05) is 18.4 Å². The van der Waals surface area contributed by atoms with Gasteiger partial charge >= 0.3 is 0 Å². The summed E-state index contributed by atoms with van der Waals surface area (Å²) in [5, 5.41) is 4.86. The van der Waals surface area contributed by atoms with Gasteiger partial charge in [0.1, 0.15) is 0 Å². The van der Waals surface area contributed by atoms with E-state index >= 15 is 0 Å². The second-order valence-electron chi connectivity index (χ2n) is 6.57. The number of amides is 1. The Kier molecular flexibility index (Phi) is 6.11. The maximum atomic E-state index is 12.8. The fourth-order valence-corrected chi connectivity index (χ4v) is 5.31. The summed E-state index contributed by atoms with van der Waals surface area (Å²) in [5.41, 5.74) is 1.42. The summed E-state index contributed by atoms with van der Waals surface area (Å²) < 4.78 is 27.2. The van der Waals surface area contributed by atoms with E-state index in [0.717, 1.165) is 24.8 Å². The Morgan fingerprint density at radius 2 is 1.96 bits per heavy atom. The van der Waals surface area contributed by atoms with Crippen molar-refractivity contribution in [3.63, 3.8) is 0 Å². The Balaban J connectivity index is 1.71. The lowest BCUT2D eigenvalue weighted by Crippen LogP contribution is -2.35. The summed E-state index contributed by atoms with van der Waals surface area (Å²) in [6.45, 7) is 3.00. The van der Waals surface area contributed by atoms with E-state index in [9.17, 15) is 13.2 Å². The monoisotopic (exact) mass is 392 g/mol. The van der Waals surface area contributed by atoms with Gasteiger partial charge < -0.3 is 5.32 Å². The van der Waals surface area contributed by atoms with E-state index in [-0.39, 0.29) is 10.8 Å². The minimum Gasteiger partial charge on any atom is -0.326 e. The SMILES string of the molecule is Cc1ccc(S(=O)(=O)N2CCCCC2)cc1NC(=O)CCc1cccs1. The molecule has 0 aliphatic carbocycles. The molecule has 0 saturated carbocycles. The molecule has 5 nitrogen and oxygen atoms in total. The molecule has 0 radical (unpaired) electrons. The van der Waals surface area contributed by atoms with Gasteiger partial charge in [-0.25, -0.2) is 8.42 Å². The molecule has 1 aromatic heterocycles. The molecule has 1 aliphatic heterocycles. The third-order valence-corrected chi connectivity index (χ3v) is 7.45. The number of sulfonamides is 1. The highest BCUT2D eigenvalue weighted by atomic mass is 32.2. The molecule has 1 aromatic carbocycles. The first-order valence-electron chi connectivity index (χ1n) is 8.90. The quantitative estimate of drug-likeness (QED) is 0.813. The van der Waals surface area contributed by atoms with E-state index in [2.05, 4.69) is 5.32 Å². The third kappa shape index (κ3) is 4.52. The molecular formula is C19H24N2O3S2. The molecule has 0 spiro atoms. The number of aryl methyl sites for hydroxylation is 2. The second-order valence-corrected chi connectivity index (χ2v) is 9.54. The Hall–Kier alpha value is -1.70. The number of nitrogens with zero attached hydrogens (tertiary/aromatic N) is 1. The number of hydrogen-bond acceptors (Lipinski definition) is 4. The maximum absolute atomic E-state index is 12.8. The smallest absolute Gasteiger partial charge is 0.243 e. The summed E-state index contributed by atoms with van der Waals surface area (Å²) >= 11 is 1.63. The van der Waals surface area contributed by atoms with Crippen molar-refractivity contribution in [2.24, 2.45) is 0 Å². The van der Waals surface area contributed by atoms with Gasteiger partial charge in [-0.1, -0.05) is 18.6 Å². The van der Waals surface area contributed by atoms with Gasteiger partial charge in [0.15, 0.2) is 0 Å². The number of thiophene rings is 1. The minimum absolute atomic E-state index is 0.103. The molecular weight excluding hydrogens is 368 g/mol. The zero-order chi connectivity index (χ0) is 18.6. The number of anilines is 1. The van der Waals surface area contributed by atoms with Gasteiger partial charge in [0.2, 0.25) is 15.9 Å². The fraction of sp³-hybridized carbons (Fsp3) is 0.421. The zero-order valence-electron chi connectivity index (χ0n) is 14.9. The second kappa shape index (κ2) is 8.33. The van der Waals surface area contributed by atoms with Crippen LogP contribution in [0.5, 0.6) is 0 Å². The molecule has 7 heteroatoms. The Morgan fingerprint density at radius 1 is 1.19 bits per heavy atom. The van der Waals surface area contributed by atoms with Crippen LogP contribution in [0.25, 0.3) is 0 Å². The molecule has 1 saturated heterocycles. The van der Waals surface area contributed by atoms with Crippen molar-refractivity contribution >= 4 is 33.0 Å². The van der Waals surface area contributed by atoms with Crippen LogP contribution >= 0.6 is 11.3 Å². The molecule has 0 bridgehead atoms. The molecule has 0 atom stereocenters. The molecule has 2 aromatic rings. The third-order valence-electron chi connectivity index (χ3n) is 4.61. The first-order chi connectivity index (χ1) is 12.5. The van der Waals surface area contributed by atoms with Crippen LogP contribution in [0, 0.1) is 6.92 Å². The number of piperidine rings is 1. The molecule has 1 fully saturated rings. The standard InChI is InChI=1S/C19H24N2O3S2/c1-15-7-9-17(26(23,24)21-11-3-2-4-12-21)14-18(15)20-19(22)10-8-16-6-5-13-25-16/h5-7,9,13-14H,2-4,8,10-12H2,1H3,(H,20,22). The average molecular weight is 393 g/mol. The molecule has 1 N–H and O–H groups in total. The van der Waals surface area contributed by atoms with E-state index in [4.69, 9.17) is 0 Å². The van der Waals surface area contributed by atoms with Crippen LogP contribution in [0.3, 0.4) is 0 Å². The van der Waals surface area contributed by atoms with Gasteiger partial charge in [0.05, 0.1) is 4.90 Å². The fourth-order valence-electron chi connectivity index (χ4n) is 3.05. The average Bonchev–Trinajstić information content (AvgIpc) is 3.16. The molecule has 3 rings (SSSR count). The molecule has 26 heavy (non-hydrogen) atoms. The van der Waals surface area contributed by atoms with Crippen molar-refractivity contribution in [2.45, 2.75) is 43.9 Å². The summed E-state index contributed by atoms with van der Waals surface area (Å²) in [6, 6.07) is 8.95. The van der Waals surface area contributed by atoms with E-state index < -0.39 is 10.0 Å². The number of rotatable bonds is 6. The Bertz CT molecular complexity index is 855. The van der Waals surface area contributed by atoms with Crippen LogP contribution in [-0.2, 0) is 21.2 Å². The van der Waals surface area contributed by atoms with Crippen LogP contribution in [0.2, 0.25) is 0 Å². The number of nitrogens with one attached hydrogen (secondary N) is 1. The number of carbonyl (C=O) groups is 1. The number of carbonyl (C=O) groups excluding carboxylic acids is 1. The predicted molar refractivity (Wildman–Crippen MR) is 105 cm³/mol. The molecule has 1 aliphatic rings. The molecule has 1 amide bonds. The molecule has 140 valence electrons. The Morgan fingerprint density at radius 3 is 2.65 bits per heavy atom. The normalized spacial score (nSPS) is 15.7. The summed E-state index contributed by atoms with van der Waals surface area (Å²) in [4.78, 5) is 13.7. The maximum Gasteiger partial charge on any atom is 0.243 e.